The molecule has 0 amide bonds. The Morgan fingerprint density at radius 2 is 1.67 bits per heavy atom. The van der Waals surface area contributed by atoms with Gasteiger partial charge < -0.3 is 10.2 Å². The van der Waals surface area contributed by atoms with Gasteiger partial charge in [-0.05, 0) is 75.8 Å². The maximum absolute atomic E-state index is 3.86. The van der Waals surface area contributed by atoms with Crippen LogP contribution in [0, 0.1) is 17.8 Å². The lowest BCUT2D eigenvalue weighted by Gasteiger charge is -2.39. The fourth-order valence-electron chi connectivity index (χ4n) is 4.10. The maximum atomic E-state index is 3.86. The Labute approximate surface area is 133 Å². The minimum atomic E-state index is 0.784. The van der Waals surface area contributed by atoms with Crippen LogP contribution in [0.25, 0.3) is 0 Å². The molecule has 0 aliphatic heterocycles. The molecule has 0 radical (unpaired) electrons. The molecule has 0 aromatic heterocycles. The summed E-state index contributed by atoms with van der Waals surface area (Å²) in [5.41, 5.74) is 0. The fourth-order valence-corrected chi connectivity index (χ4v) is 4.10. The lowest BCUT2D eigenvalue weighted by atomic mass is 9.76. The first-order valence-corrected chi connectivity index (χ1v) is 9.72. The van der Waals surface area contributed by atoms with E-state index in [2.05, 4.69) is 31.0 Å². The SMILES string of the molecule is CCCNC1CCC(CC)CC1CN(CCC)CC1CC1. The van der Waals surface area contributed by atoms with E-state index in [9.17, 15) is 0 Å². The predicted molar refractivity (Wildman–Crippen MR) is 92.7 cm³/mol. The summed E-state index contributed by atoms with van der Waals surface area (Å²) in [5.74, 6) is 2.91. The Bertz CT molecular complexity index is 275. The molecule has 2 fully saturated rings. The number of hydrogen-bond acceptors (Lipinski definition) is 2. The molecule has 0 aromatic carbocycles. The molecule has 124 valence electrons. The molecule has 3 atom stereocenters. The third-order valence-electron chi connectivity index (χ3n) is 5.57. The standard InChI is InChI=1S/C19H38N2/c1-4-11-20-19-10-9-16(6-3)13-18(19)15-21(12-5-2)14-17-7-8-17/h16-20H,4-15H2,1-3H3. The second-order valence-electron chi connectivity index (χ2n) is 7.61. The Kier molecular flexibility index (Phi) is 7.53. The van der Waals surface area contributed by atoms with Gasteiger partial charge in [0.25, 0.3) is 0 Å². The normalized spacial score (nSPS) is 30.0. The van der Waals surface area contributed by atoms with Crippen molar-refractivity contribution in [2.45, 2.75) is 78.2 Å². The van der Waals surface area contributed by atoms with Gasteiger partial charge >= 0.3 is 0 Å². The van der Waals surface area contributed by atoms with Crippen LogP contribution < -0.4 is 5.32 Å². The van der Waals surface area contributed by atoms with Crippen molar-refractivity contribution >= 4 is 0 Å². The Morgan fingerprint density at radius 3 is 2.29 bits per heavy atom. The number of nitrogens with zero attached hydrogens (tertiary/aromatic N) is 1. The first-order valence-electron chi connectivity index (χ1n) is 9.72. The minimum absolute atomic E-state index is 0.784. The van der Waals surface area contributed by atoms with E-state index < -0.39 is 0 Å². The van der Waals surface area contributed by atoms with Gasteiger partial charge in [0.1, 0.15) is 0 Å². The average molecular weight is 295 g/mol. The van der Waals surface area contributed by atoms with E-state index in [1.807, 2.05) is 0 Å². The number of rotatable bonds is 10. The first kappa shape index (κ1) is 17.3. The zero-order valence-corrected chi connectivity index (χ0v) is 14.7. The van der Waals surface area contributed by atoms with Crippen LogP contribution in [-0.2, 0) is 0 Å². The summed E-state index contributed by atoms with van der Waals surface area (Å²) < 4.78 is 0. The lowest BCUT2D eigenvalue weighted by molar-refractivity contribution is 0.134. The van der Waals surface area contributed by atoms with Gasteiger partial charge in [0, 0.05) is 19.1 Å². The van der Waals surface area contributed by atoms with Crippen molar-refractivity contribution in [3.05, 3.63) is 0 Å². The van der Waals surface area contributed by atoms with Crippen molar-refractivity contribution < 1.29 is 0 Å². The average Bonchev–Trinajstić information content (AvgIpc) is 3.30. The summed E-state index contributed by atoms with van der Waals surface area (Å²) in [4.78, 5) is 2.79. The molecule has 2 rings (SSSR count). The van der Waals surface area contributed by atoms with Gasteiger partial charge in [0.15, 0.2) is 0 Å². The highest BCUT2D eigenvalue weighted by Crippen LogP contribution is 2.34. The van der Waals surface area contributed by atoms with Crippen molar-refractivity contribution in [2.24, 2.45) is 17.8 Å². The van der Waals surface area contributed by atoms with Crippen molar-refractivity contribution in [2.75, 3.05) is 26.2 Å². The van der Waals surface area contributed by atoms with Crippen LogP contribution in [-0.4, -0.2) is 37.1 Å². The quantitative estimate of drug-likeness (QED) is 0.646. The Morgan fingerprint density at radius 1 is 0.905 bits per heavy atom. The van der Waals surface area contributed by atoms with Crippen LogP contribution in [0.3, 0.4) is 0 Å². The van der Waals surface area contributed by atoms with Crippen LogP contribution in [0.1, 0.15) is 72.1 Å². The molecule has 2 saturated carbocycles. The second kappa shape index (κ2) is 9.15. The van der Waals surface area contributed by atoms with E-state index in [0.29, 0.717) is 0 Å². The zero-order chi connectivity index (χ0) is 15.1. The maximum Gasteiger partial charge on any atom is 0.0108 e. The van der Waals surface area contributed by atoms with Crippen LogP contribution in [0.2, 0.25) is 0 Å². The molecular weight excluding hydrogens is 256 g/mol. The van der Waals surface area contributed by atoms with Crippen LogP contribution in [0.15, 0.2) is 0 Å². The minimum Gasteiger partial charge on any atom is -0.314 e. The molecule has 0 spiro atoms. The molecular formula is C19H38N2. The molecule has 2 aliphatic rings. The molecule has 2 heteroatoms. The zero-order valence-electron chi connectivity index (χ0n) is 14.7. The molecule has 3 unspecified atom stereocenters. The van der Waals surface area contributed by atoms with E-state index >= 15 is 0 Å². The lowest BCUT2D eigenvalue weighted by Crippen LogP contribution is -2.46. The van der Waals surface area contributed by atoms with Crippen molar-refractivity contribution in [1.29, 1.82) is 0 Å². The molecule has 0 heterocycles. The largest absolute Gasteiger partial charge is 0.314 e. The van der Waals surface area contributed by atoms with Gasteiger partial charge in [0.2, 0.25) is 0 Å². The van der Waals surface area contributed by atoms with Gasteiger partial charge in [-0.15, -0.1) is 0 Å². The summed E-state index contributed by atoms with van der Waals surface area (Å²) in [5, 5.41) is 3.86. The number of hydrogen-bond donors (Lipinski definition) is 1. The van der Waals surface area contributed by atoms with Gasteiger partial charge in [-0.3, -0.25) is 0 Å². The summed E-state index contributed by atoms with van der Waals surface area (Å²) in [7, 11) is 0. The van der Waals surface area contributed by atoms with E-state index in [4.69, 9.17) is 0 Å². The van der Waals surface area contributed by atoms with E-state index in [0.717, 1.165) is 23.8 Å². The van der Waals surface area contributed by atoms with Gasteiger partial charge in [-0.25, -0.2) is 0 Å². The topological polar surface area (TPSA) is 15.3 Å². The fraction of sp³-hybridized carbons (Fsp3) is 1.00. The number of nitrogens with one attached hydrogen (secondary N) is 1. The van der Waals surface area contributed by atoms with E-state index in [-0.39, 0.29) is 0 Å². The third kappa shape index (κ3) is 5.90. The van der Waals surface area contributed by atoms with E-state index in [1.165, 1.54) is 77.5 Å². The van der Waals surface area contributed by atoms with Crippen LogP contribution >= 0.6 is 0 Å². The predicted octanol–water partition coefficient (Wildman–Crippen LogP) is 4.30. The highest BCUT2D eigenvalue weighted by Gasteiger charge is 2.32. The summed E-state index contributed by atoms with van der Waals surface area (Å²) in [6.07, 6.45) is 11.2. The smallest absolute Gasteiger partial charge is 0.0108 e. The Balaban J connectivity index is 1.88. The van der Waals surface area contributed by atoms with Gasteiger partial charge in [-0.1, -0.05) is 27.2 Å². The molecule has 0 aromatic rings. The monoisotopic (exact) mass is 294 g/mol. The van der Waals surface area contributed by atoms with Crippen molar-refractivity contribution in [1.82, 2.24) is 10.2 Å². The highest BCUT2D eigenvalue weighted by molar-refractivity contribution is 4.87. The highest BCUT2D eigenvalue weighted by atomic mass is 15.1. The molecule has 21 heavy (non-hydrogen) atoms. The molecule has 1 N–H and O–H groups in total. The molecule has 0 saturated heterocycles. The second-order valence-corrected chi connectivity index (χ2v) is 7.61. The molecule has 2 nitrogen and oxygen atoms in total. The van der Waals surface area contributed by atoms with Crippen LogP contribution in [0.5, 0.6) is 0 Å². The first-order chi connectivity index (χ1) is 10.3. The van der Waals surface area contributed by atoms with Gasteiger partial charge in [-0.2, -0.15) is 0 Å². The van der Waals surface area contributed by atoms with Crippen molar-refractivity contribution in [3.8, 4) is 0 Å². The summed E-state index contributed by atoms with van der Waals surface area (Å²) in [6.45, 7) is 12.2. The van der Waals surface area contributed by atoms with E-state index in [1.54, 1.807) is 0 Å². The summed E-state index contributed by atoms with van der Waals surface area (Å²) >= 11 is 0. The van der Waals surface area contributed by atoms with Crippen molar-refractivity contribution in [3.63, 3.8) is 0 Å². The Hall–Kier alpha value is -0.0800. The third-order valence-corrected chi connectivity index (χ3v) is 5.57. The van der Waals surface area contributed by atoms with Crippen LogP contribution in [0.4, 0.5) is 0 Å². The van der Waals surface area contributed by atoms with Gasteiger partial charge in [0.05, 0.1) is 0 Å². The summed E-state index contributed by atoms with van der Waals surface area (Å²) in [6, 6.07) is 0.784. The molecule has 0 bridgehead atoms. The molecule has 2 aliphatic carbocycles.